The Morgan fingerprint density at radius 3 is 2.80 bits per heavy atom. The molecule has 0 fully saturated rings. The zero-order valence-corrected chi connectivity index (χ0v) is 11.8. The Morgan fingerprint density at radius 1 is 1.30 bits per heavy atom. The van der Waals surface area contributed by atoms with E-state index in [1.54, 1.807) is 6.26 Å². The van der Waals surface area contributed by atoms with Crippen LogP contribution in [0.25, 0.3) is 11.6 Å². The molecule has 0 unspecified atom stereocenters. The first-order valence-electron chi connectivity index (χ1n) is 6.59. The van der Waals surface area contributed by atoms with Crippen molar-refractivity contribution < 1.29 is 4.42 Å². The largest absolute Gasteiger partial charge is 0.461 e. The average Bonchev–Trinajstić information content (AvgIpc) is 3.12. The van der Waals surface area contributed by atoms with Crippen molar-refractivity contribution in [1.82, 2.24) is 25.0 Å². The molecule has 20 heavy (non-hydrogen) atoms. The fourth-order valence-electron chi connectivity index (χ4n) is 2.35. The summed E-state index contributed by atoms with van der Waals surface area (Å²) in [7, 11) is 1.97. The highest BCUT2D eigenvalue weighted by Crippen LogP contribution is 2.17. The summed E-state index contributed by atoms with van der Waals surface area (Å²) in [4.78, 5) is 4.45. The van der Waals surface area contributed by atoms with E-state index in [9.17, 15) is 0 Å². The summed E-state index contributed by atoms with van der Waals surface area (Å²) in [6.07, 6.45) is 3.33. The van der Waals surface area contributed by atoms with Gasteiger partial charge >= 0.3 is 0 Å². The molecule has 3 heterocycles. The molecule has 0 aliphatic carbocycles. The lowest BCUT2D eigenvalue weighted by atomic mass is 10.1. The van der Waals surface area contributed by atoms with Crippen molar-refractivity contribution in [3.8, 4) is 11.6 Å². The summed E-state index contributed by atoms with van der Waals surface area (Å²) in [5.74, 6) is 2.14. The molecule has 3 rings (SSSR count). The molecule has 0 radical (unpaired) electrons. The van der Waals surface area contributed by atoms with Crippen molar-refractivity contribution >= 4 is 0 Å². The van der Waals surface area contributed by atoms with E-state index in [0.29, 0.717) is 11.6 Å². The number of nitrogens with one attached hydrogen (secondary N) is 1. The van der Waals surface area contributed by atoms with E-state index in [4.69, 9.17) is 4.42 Å². The van der Waals surface area contributed by atoms with Gasteiger partial charge in [0, 0.05) is 19.2 Å². The standard InChI is InChI=1S/C14H17N5O/c1-9-11(10(2)19(3)18-9)6-7-13-15-14(17-16-13)12-5-4-8-20-12/h4-5,8H,6-7H2,1-3H3,(H,15,16,17). The van der Waals surface area contributed by atoms with Crippen LogP contribution in [0, 0.1) is 13.8 Å². The van der Waals surface area contributed by atoms with Crippen LogP contribution >= 0.6 is 0 Å². The maximum Gasteiger partial charge on any atom is 0.216 e. The third-order valence-electron chi connectivity index (χ3n) is 3.54. The monoisotopic (exact) mass is 271 g/mol. The van der Waals surface area contributed by atoms with Gasteiger partial charge in [-0.3, -0.25) is 9.78 Å². The zero-order chi connectivity index (χ0) is 14.1. The van der Waals surface area contributed by atoms with Gasteiger partial charge in [-0.25, -0.2) is 4.98 Å². The zero-order valence-electron chi connectivity index (χ0n) is 11.8. The lowest BCUT2D eigenvalue weighted by Crippen LogP contribution is -1.97. The Kier molecular flexibility index (Phi) is 3.14. The quantitative estimate of drug-likeness (QED) is 0.789. The summed E-state index contributed by atoms with van der Waals surface area (Å²) in [5, 5.41) is 11.6. The third-order valence-corrected chi connectivity index (χ3v) is 3.54. The Bertz CT molecular complexity index is 708. The van der Waals surface area contributed by atoms with Gasteiger partial charge in [0.1, 0.15) is 5.82 Å². The van der Waals surface area contributed by atoms with Crippen LogP contribution in [0.5, 0.6) is 0 Å². The van der Waals surface area contributed by atoms with Gasteiger partial charge < -0.3 is 4.42 Å². The van der Waals surface area contributed by atoms with Crippen LogP contribution in [0.3, 0.4) is 0 Å². The number of rotatable bonds is 4. The highest BCUT2D eigenvalue weighted by molar-refractivity contribution is 5.45. The molecule has 0 aliphatic rings. The van der Waals surface area contributed by atoms with Gasteiger partial charge in [-0.05, 0) is 38.0 Å². The minimum absolute atomic E-state index is 0.602. The van der Waals surface area contributed by atoms with Crippen molar-refractivity contribution in [2.45, 2.75) is 26.7 Å². The number of nitrogens with zero attached hydrogens (tertiary/aromatic N) is 4. The number of aryl methyl sites for hydroxylation is 3. The van der Waals surface area contributed by atoms with Gasteiger partial charge in [0.15, 0.2) is 5.76 Å². The Balaban J connectivity index is 1.73. The maximum atomic E-state index is 5.28. The summed E-state index contributed by atoms with van der Waals surface area (Å²) in [6, 6.07) is 3.68. The molecule has 0 aliphatic heterocycles. The van der Waals surface area contributed by atoms with Gasteiger partial charge in [-0.1, -0.05) is 0 Å². The molecule has 0 aromatic carbocycles. The van der Waals surface area contributed by atoms with Crippen molar-refractivity contribution in [2.24, 2.45) is 7.05 Å². The van der Waals surface area contributed by atoms with E-state index in [1.807, 2.05) is 30.8 Å². The van der Waals surface area contributed by atoms with Crippen molar-refractivity contribution in [2.75, 3.05) is 0 Å². The molecule has 6 nitrogen and oxygen atoms in total. The van der Waals surface area contributed by atoms with Crippen molar-refractivity contribution in [3.05, 3.63) is 41.2 Å². The average molecular weight is 271 g/mol. The van der Waals surface area contributed by atoms with Crippen LogP contribution in [-0.4, -0.2) is 25.0 Å². The number of hydrogen-bond donors (Lipinski definition) is 1. The maximum absolute atomic E-state index is 5.28. The van der Waals surface area contributed by atoms with Crippen LogP contribution in [0.4, 0.5) is 0 Å². The first-order valence-corrected chi connectivity index (χ1v) is 6.59. The summed E-state index contributed by atoms with van der Waals surface area (Å²) < 4.78 is 7.19. The van der Waals surface area contributed by atoms with Crippen molar-refractivity contribution in [3.63, 3.8) is 0 Å². The van der Waals surface area contributed by atoms with Gasteiger partial charge in [0.25, 0.3) is 0 Å². The van der Waals surface area contributed by atoms with Crippen LogP contribution < -0.4 is 0 Å². The smallest absolute Gasteiger partial charge is 0.216 e. The van der Waals surface area contributed by atoms with E-state index in [0.717, 1.165) is 24.4 Å². The van der Waals surface area contributed by atoms with Crippen LogP contribution in [0.2, 0.25) is 0 Å². The Labute approximate surface area is 116 Å². The second-order valence-electron chi connectivity index (χ2n) is 4.86. The fraction of sp³-hybridized carbons (Fsp3) is 0.357. The molecule has 104 valence electrons. The number of hydrogen-bond acceptors (Lipinski definition) is 4. The predicted octanol–water partition coefficient (Wildman–Crippen LogP) is 2.20. The number of aromatic nitrogens is 5. The molecule has 0 spiro atoms. The summed E-state index contributed by atoms with van der Waals surface area (Å²) in [5.41, 5.74) is 3.56. The van der Waals surface area contributed by atoms with Crippen LogP contribution in [-0.2, 0) is 19.9 Å². The van der Waals surface area contributed by atoms with Crippen molar-refractivity contribution in [1.29, 1.82) is 0 Å². The normalized spacial score (nSPS) is 11.2. The first kappa shape index (κ1) is 12.7. The Morgan fingerprint density at radius 2 is 2.15 bits per heavy atom. The molecule has 3 aromatic heterocycles. The minimum Gasteiger partial charge on any atom is -0.461 e. The molecule has 0 saturated carbocycles. The van der Waals surface area contributed by atoms with Gasteiger partial charge in [-0.2, -0.15) is 10.2 Å². The van der Waals surface area contributed by atoms with Gasteiger partial charge in [0.2, 0.25) is 5.82 Å². The molecule has 0 saturated heterocycles. The molecule has 1 N–H and O–H groups in total. The summed E-state index contributed by atoms with van der Waals surface area (Å²) >= 11 is 0. The van der Waals surface area contributed by atoms with Crippen LogP contribution in [0.1, 0.15) is 22.8 Å². The SMILES string of the molecule is Cc1nn(C)c(C)c1CCc1nc(-c2ccco2)n[nH]1. The number of H-pyrrole nitrogens is 1. The first-order chi connectivity index (χ1) is 9.65. The molecule has 0 bridgehead atoms. The molecule has 6 heteroatoms. The highest BCUT2D eigenvalue weighted by Gasteiger charge is 2.12. The molecule has 0 atom stereocenters. The molecular formula is C14H17N5O. The van der Waals surface area contributed by atoms with Crippen LogP contribution in [0.15, 0.2) is 22.8 Å². The lowest BCUT2D eigenvalue weighted by Gasteiger charge is -1.99. The number of aromatic amines is 1. The highest BCUT2D eigenvalue weighted by atomic mass is 16.3. The van der Waals surface area contributed by atoms with E-state index in [2.05, 4.69) is 27.2 Å². The molecule has 3 aromatic rings. The topological polar surface area (TPSA) is 72.5 Å². The van der Waals surface area contributed by atoms with E-state index in [-0.39, 0.29) is 0 Å². The second-order valence-corrected chi connectivity index (χ2v) is 4.86. The predicted molar refractivity (Wildman–Crippen MR) is 74.2 cm³/mol. The Hall–Kier alpha value is -2.37. The lowest BCUT2D eigenvalue weighted by molar-refractivity contribution is 0.577. The van der Waals surface area contributed by atoms with E-state index < -0.39 is 0 Å². The van der Waals surface area contributed by atoms with E-state index >= 15 is 0 Å². The minimum atomic E-state index is 0.602. The van der Waals surface area contributed by atoms with E-state index in [1.165, 1.54) is 11.3 Å². The summed E-state index contributed by atoms with van der Waals surface area (Å²) in [6.45, 7) is 4.13. The number of furan rings is 1. The van der Waals surface area contributed by atoms with Gasteiger partial charge in [-0.15, -0.1) is 0 Å². The fourth-order valence-corrected chi connectivity index (χ4v) is 2.35. The molecule has 0 amide bonds. The molecular weight excluding hydrogens is 254 g/mol. The van der Waals surface area contributed by atoms with Gasteiger partial charge in [0.05, 0.1) is 12.0 Å². The third kappa shape index (κ3) is 2.24. The second kappa shape index (κ2) is 4.96.